The highest BCUT2D eigenvalue weighted by molar-refractivity contribution is 6.30. The zero-order valence-corrected chi connectivity index (χ0v) is 11.6. The van der Waals surface area contributed by atoms with Gasteiger partial charge in [0.15, 0.2) is 0 Å². The Balaban J connectivity index is 2.02. The molecule has 0 bridgehead atoms. The van der Waals surface area contributed by atoms with Crippen LogP contribution in [0.1, 0.15) is 15.9 Å². The quantitative estimate of drug-likeness (QED) is 0.910. The van der Waals surface area contributed by atoms with Crippen molar-refractivity contribution in [3.05, 3.63) is 64.7 Å². The van der Waals surface area contributed by atoms with E-state index in [2.05, 4.69) is 10.1 Å². The van der Waals surface area contributed by atoms with Crippen molar-refractivity contribution in [1.82, 2.24) is 5.32 Å². The molecule has 0 fully saturated rings. The molecule has 0 aliphatic heterocycles. The zero-order chi connectivity index (χ0) is 15.2. The first-order valence-corrected chi connectivity index (χ1v) is 6.50. The number of benzene rings is 2. The summed E-state index contributed by atoms with van der Waals surface area (Å²) in [5.74, 6) is -0.276. The summed E-state index contributed by atoms with van der Waals surface area (Å²) in [6.07, 6.45) is 0. The highest BCUT2D eigenvalue weighted by atomic mass is 35.5. The van der Waals surface area contributed by atoms with Gasteiger partial charge in [0.2, 0.25) is 0 Å². The lowest BCUT2D eigenvalue weighted by Gasteiger charge is -2.11. The standard InChI is InChI=1S/C15H12ClF2NO2/c16-12-7-5-10(6-8-12)14(20)19-9-11-3-1-2-4-13(11)21-15(17)18/h1-8,15H,9H2,(H,19,20). The van der Waals surface area contributed by atoms with Gasteiger partial charge in [-0.2, -0.15) is 8.78 Å². The molecule has 0 radical (unpaired) electrons. The minimum absolute atomic E-state index is 0.0453. The molecule has 0 unspecified atom stereocenters. The fraction of sp³-hybridized carbons (Fsp3) is 0.133. The van der Waals surface area contributed by atoms with Crippen LogP contribution in [0, 0.1) is 0 Å². The molecule has 0 atom stereocenters. The van der Waals surface area contributed by atoms with Crippen LogP contribution in [-0.4, -0.2) is 12.5 Å². The number of halogens is 3. The SMILES string of the molecule is O=C(NCc1ccccc1OC(F)F)c1ccc(Cl)cc1. The number of alkyl halides is 2. The van der Waals surface area contributed by atoms with Crippen LogP contribution in [0.3, 0.4) is 0 Å². The fourth-order valence-electron chi connectivity index (χ4n) is 1.74. The van der Waals surface area contributed by atoms with E-state index in [-0.39, 0.29) is 18.2 Å². The number of hydrogen-bond donors (Lipinski definition) is 1. The molecule has 0 heterocycles. The van der Waals surface area contributed by atoms with E-state index >= 15 is 0 Å². The smallest absolute Gasteiger partial charge is 0.387 e. The number of amides is 1. The number of hydrogen-bond acceptors (Lipinski definition) is 2. The van der Waals surface area contributed by atoms with E-state index in [4.69, 9.17) is 11.6 Å². The number of para-hydroxylation sites is 1. The number of carbonyl (C=O) groups is 1. The number of rotatable bonds is 5. The maximum atomic E-state index is 12.3. The molecule has 0 aliphatic carbocycles. The topological polar surface area (TPSA) is 38.3 Å². The molecule has 2 rings (SSSR count). The first-order valence-electron chi connectivity index (χ1n) is 6.13. The van der Waals surface area contributed by atoms with Crippen molar-refractivity contribution in [1.29, 1.82) is 0 Å². The van der Waals surface area contributed by atoms with Crippen LogP contribution < -0.4 is 10.1 Å². The van der Waals surface area contributed by atoms with Crippen molar-refractivity contribution in [2.24, 2.45) is 0 Å². The van der Waals surface area contributed by atoms with Crippen molar-refractivity contribution in [2.45, 2.75) is 13.2 Å². The molecule has 110 valence electrons. The van der Waals surface area contributed by atoms with Gasteiger partial charge in [-0.15, -0.1) is 0 Å². The average Bonchev–Trinajstić information content (AvgIpc) is 2.46. The Morgan fingerprint density at radius 1 is 1.14 bits per heavy atom. The Labute approximate surface area is 125 Å². The lowest BCUT2D eigenvalue weighted by molar-refractivity contribution is -0.0504. The Bertz CT molecular complexity index is 617. The van der Waals surface area contributed by atoms with E-state index in [0.29, 0.717) is 16.1 Å². The normalized spacial score (nSPS) is 10.5. The third kappa shape index (κ3) is 4.43. The van der Waals surface area contributed by atoms with Gasteiger partial charge in [0.05, 0.1) is 0 Å². The second kappa shape index (κ2) is 7.04. The van der Waals surface area contributed by atoms with Gasteiger partial charge >= 0.3 is 6.61 Å². The predicted octanol–water partition coefficient (Wildman–Crippen LogP) is 3.87. The summed E-state index contributed by atoms with van der Waals surface area (Å²) < 4.78 is 29.0. The molecule has 0 saturated carbocycles. The lowest BCUT2D eigenvalue weighted by atomic mass is 10.2. The molecule has 1 amide bonds. The zero-order valence-electron chi connectivity index (χ0n) is 10.9. The van der Waals surface area contributed by atoms with Crippen LogP contribution in [0.15, 0.2) is 48.5 Å². The summed E-state index contributed by atoms with van der Waals surface area (Å²) in [6, 6.07) is 12.7. The van der Waals surface area contributed by atoms with Gasteiger partial charge < -0.3 is 10.1 Å². The summed E-state index contributed by atoms with van der Waals surface area (Å²) >= 11 is 5.74. The highest BCUT2D eigenvalue weighted by Gasteiger charge is 2.10. The van der Waals surface area contributed by atoms with Gasteiger partial charge in [0.1, 0.15) is 5.75 Å². The van der Waals surface area contributed by atoms with Crippen LogP contribution in [0.5, 0.6) is 5.75 Å². The minimum Gasteiger partial charge on any atom is -0.434 e. The van der Waals surface area contributed by atoms with E-state index in [9.17, 15) is 13.6 Å². The van der Waals surface area contributed by atoms with E-state index in [0.717, 1.165) is 0 Å². The third-order valence-electron chi connectivity index (χ3n) is 2.73. The van der Waals surface area contributed by atoms with Crippen molar-refractivity contribution in [3.63, 3.8) is 0 Å². The second-order valence-electron chi connectivity index (χ2n) is 4.18. The number of carbonyl (C=O) groups excluding carboxylic acids is 1. The Morgan fingerprint density at radius 3 is 2.48 bits per heavy atom. The second-order valence-corrected chi connectivity index (χ2v) is 4.61. The van der Waals surface area contributed by atoms with E-state index in [1.54, 1.807) is 42.5 Å². The Kier molecular flexibility index (Phi) is 5.11. The monoisotopic (exact) mass is 311 g/mol. The van der Waals surface area contributed by atoms with Gasteiger partial charge in [0, 0.05) is 22.7 Å². The lowest BCUT2D eigenvalue weighted by Crippen LogP contribution is -2.23. The molecule has 6 heteroatoms. The maximum Gasteiger partial charge on any atom is 0.387 e. The predicted molar refractivity (Wildman–Crippen MR) is 75.7 cm³/mol. The summed E-state index contributed by atoms with van der Waals surface area (Å²) in [4.78, 5) is 11.9. The average molecular weight is 312 g/mol. The summed E-state index contributed by atoms with van der Waals surface area (Å²) in [5, 5.41) is 3.17. The van der Waals surface area contributed by atoms with Gasteiger partial charge in [-0.1, -0.05) is 29.8 Å². The number of ether oxygens (including phenoxy) is 1. The van der Waals surface area contributed by atoms with Crippen molar-refractivity contribution in [2.75, 3.05) is 0 Å². The Morgan fingerprint density at radius 2 is 1.81 bits per heavy atom. The van der Waals surface area contributed by atoms with Crippen molar-refractivity contribution < 1.29 is 18.3 Å². The molecule has 0 aromatic heterocycles. The van der Waals surface area contributed by atoms with E-state index in [1.165, 1.54) is 6.07 Å². The Hall–Kier alpha value is -2.14. The van der Waals surface area contributed by atoms with Crippen LogP contribution >= 0.6 is 11.6 Å². The molecule has 21 heavy (non-hydrogen) atoms. The largest absolute Gasteiger partial charge is 0.434 e. The van der Waals surface area contributed by atoms with Crippen molar-refractivity contribution in [3.8, 4) is 5.75 Å². The van der Waals surface area contributed by atoms with Crippen LogP contribution in [0.2, 0.25) is 5.02 Å². The number of nitrogens with one attached hydrogen (secondary N) is 1. The molecule has 0 aliphatic rings. The molecule has 1 N–H and O–H groups in total. The molecule has 0 saturated heterocycles. The van der Waals surface area contributed by atoms with Gasteiger partial charge in [-0.25, -0.2) is 0 Å². The van der Waals surface area contributed by atoms with E-state index < -0.39 is 6.61 Å². The van der Waals surface area contributed by atoms with Gasteiger partial charge in [-0.3, -0.25) is 4.79 Å². The molecule has 0 spiro atoms. The summed E-state index contributed by atoms with van der Waals surface area (Å²) in [6.45, 7) is -2.82. The first-order chi connectivity index (χ1) is 10.1. The van der Waals surface area contributed by atoms with Crippen LogP contribution in [-0.2, 0) is 6.54 Å². The fourth-order valence-corrected chi connectivity index (χ4v) is 1.87. The van der Waals surface area contributed by atoms with Gasteiger partial charge in [0.25, 0.3) is 5.91 Å². The summed E-state index contributed by atoms with van der Waals surface area (Å²) in [5.41, 5.74) is 0.909. The maximum absolute atomic E-state index is 12.3. The molecule has 2 aromatic rings. The molecular weight excluding hydrogens is 300 g/mol. The van der Waals surface area contributed by atoms with E-state index in [1.807, 2.05) is 0 Å². The summed E-state index contributed by atoms with van der Waals surface area (Å²) in [7, 11) is 0. The highest BCUT2D eigenvalue weighted by Crippen LogP contribution is 2.20. The van der Waals surface area contributed by atoms with Crippen LogP contribution in [0.25, 0.3) is 0 Å². The molecule has 2 aromatic carbocycles. The van der Waals surface area contributed by atoms with Gasteiger partial charge in [-0.05, 0) is 30.3 Å². The molecule has 3 nitrogen and oxygen atoms in total. The first kappa shape index (κ1) is 15.3. The van der Waals surface area contributed by atoms with Crippen LogP contribution in [0.4, 0.5) is 8.78 Å². The minimum atomic E-state index is -2.90. The van der Waals surface area contributed by atoms with Crippen molar-refractivity contribution >= 4 is 17.5 Å². The third-order valence-corrected chi connectivity index (χ3v) is 2.99. The molecular formula is C15H12ClF2NO2.